The quantitative estimate of drug-likeness (QED) is 0.143. The molecule has 0 aliphatic rings. The Balaban J connectivity index is 1.82. The number of carbonyl (C=O) groups is 2. The number of sulfonamides is 1. The van der Waals surface area contributed by atoms with Crippen LogP contribution >= 0.6 is 0 Å². The highest BCUT2D eigenvalue weighted by Gasteiger charge is 2.35. The van der Waals surface area contributed by atoms with E-state index in [1.165, 1.54) is 35.2 Å². The Hall–Kier alpha value is -5.03. The van der Waals surface area contributed by atoms with Crippen LogP contribution in [0.5, 0.6) is 0 Å². The van der Waals surface area contributed by atoms with Gasteiger partial charge in [0, 0.05) is 31.6 Å². The molecule has 0 fully saturated rings. The van der Waals surface area contributed by atoms with Gasteiger partial charge in [-0.2, -0.15) is 0 Å². The van der Waals surface area contributed by atoms with Crippen LogP contribution in [0.4, 0.5) is 11.4 Å². The van der Waals surface area contributed by atoms with Gasteiger partial charge in [-0.1, -0.05) is 98.3 Å². The minimum Gasteiger partial charge on any atom is -0.354 e. The molecule has 0 aliphatic carbocycles. The first-order valence-electron chi connectivity index (χ1n) is 14.9. The Labute approximate surface area is 269 Å². The Morgan fingerprint density at radius 2 is 1.48 bits per heavy atom. The predicted octanol–water partition coefficient (Wildman–Crippen LogP) is 5.51. The van der Waals surface area contributed by atoms with E-state index in [1.807, 2.05) is 75.4 Å². The van der Waals surface area contributed by atoms with Gasteiger partial charge in [0.15, 0.2) is 0 Å². The maximum Gasteiger partial charge on any atom is 0.271 e. The zero-order valence-electron chi connectivity index (χ0n) is 26.1. The lowest BCUT2D eigenvalue weighted by molar-refractivity contribution is -0.384. The van der Waals surface area contributed by atoms with Gasteiger partial charge in [0.05, 0.1) is 15.5 Å². The van der Waals surface area contributed by atoms with Crippen LogP contribution in [0.3, 0.4) is 0 Å². The first kappa shape index (κ1) is 33.9. The van der Waals surface area contributed by atoms with Crippen molar-refractivity contribution >= 4 is 33.2 Å². The minimum absolute atomic E-state index is 0.0277. The van der Waals surface area contributed by atoms with Gasteiger partial charge >= 0.3 is 0 Å². The smallest absolute Gasteiger partial charge is 0.271 e. The van der Waals surface area contributed by atoms with E-state index in [-0.39, 0.29) is 41.1 Å². The van der Waals surface area contributed by atoms with Crippen LogP contribution in [-0.2, 0) is 32.6 Å². The van der Waals surface area contributed by atoms with Gasteiger partial charge in [0.1, 0.15) is 12.6 Å². The summed E-state index contributed by atoms with van der Waals surface area (Å²) in [4.78, 5) is 40.6. The number of anilines is 1. The third-order valence-corrected chi connectivity index (χ3v) is 9.16. The number of nitrogens with zero attached hydrogens (tertiary/aromatic N) is 3. The number of nitro groups is 1. The molecule has 0 radical (unpaired) electrons. The summed E-state index contributed by atoms with van der Waals surface area (Å²) in [5, 5.41) is 14.6. The SMILES string of the molecule is Cc1ccc(CN(C(=O)CN(c2cccc([N+](=O)[O-])c2)S(=O)(=O)c2ccccc2)[C@H](Cc2ccccc2)C(=O)NCC(C)C)cc1. The molecular weight excluding hydrogens is 604 g/mol. The number of nitrogens with one attached hydrogen (secondary N) is 1. The van der Waals surface area contributed by atoms with E-state index in [0.717, 1.165) is 27.1 Å². The predicted molar refractivity (Wildman–Crippen MR) is 178 cm³/mol. The standard InChI is InChI=1S/C35H38N4O6S/c1-26(2)23-36-35(41)33(21-28-11-6-4-7-12-28)37(24-29-19-17-27(3)18-20-29)34(40)25-38(30-13-10-14-31(22-30)39(42)43)46(44,45)32-15-8-5-9-16-32/h4-20,22,26,33H,21,23-25H2,1-3H3,(H,36,41)/t33-/m1/s1. The number of aryl methyl sites for hydroxylation is 1. The molecule has 0 bridgehead atoms. The molecule has 0 spiro atoms. The van der Waals surface area contributed by atoms with Gasteiger partial charge in [-0.3, -0.25) is 24.0 Å². The van der Waals surface area contributed by atoms with Crippen LogP contribution in [0.2, 0.25) is 0 Å². The maximum atomic E-state index is 14.5. The second-order valence-corrected chi connectivity index (χ2v) is 13.3. The molecule has 240 valence electrons. The number of hydrogen-bond donors (Lipinski definition) is 1. The van der Waals surface area contributed by atoms with Crippen molar-refractivity contribution in [3.05, 3.63) is 136 Å². The molecule has 4 aromatic rings. The Morgan fingerprint density at radius 1 is 0.848 bits per heavy atom. The Bertz CT molecular complexity index is 1750. The summed E-state index contributed by atoms with van der Waals surface area (Å²) in [5.41, 5.74) is 2.21. The summed E-state index contributed by atoms with van der Waals surface area (Å²) in [6.45, 7) is 5.58. The lowest BCUT2D eigenvalue weighted by Gasteiger charge is -2.34. The molecule has 46 heavy (non-hydrogen) atoms. The van der Waals surface area contributed by atoms with E-state index in [9.17, 15) is 28.1 Å². The largest absolute Gasteiger partial charge is 0.354 e. The monoisotopic (exact) mass is 642 g/mol. The van der Waals surface area contributed by atoms with Crippen molar-refractivity contribution in [2.75, 3.05) is 17.4 Å². The molecular formula is C35H38N4O6S. The van der Waals surface area contributed by atoms with Gasteiger partial charge in [-0.15, -0.1) is 0 Å². The number of amides is 2. The number of hydrogen-bond acceptors (Lipinski definition) is 6. The molecule has 1 N–H and O–H groups in total. The zero-order valence-corrected chi connectivity index (χ0v) is 26.9. The highest BCUT2D eigenvalue weighted by Crippen LogP contribution is 2.28. The number of rotatable bonds is 14. The number of non-ortho nitro benzene ring substituents is 1. The van der Waals surface area contributed by atoms with Crippen LogP contribution in [0.1, 0.15) is 30.5 Å². The normalized spacial score (nSPS) is 11.9. The number of nitro benzene ring substituents is 1. The third-order valence-electron chi connectivity index (χ3n) is 7.37. The molecule has 4 aromatic carbocycles. The zero-order chi connectivity index (χ0) is 33.3. The van der Waals surface area contributed by atoms with Crippen molar-refractivity contribution in [3.63, 3.8) is 0 Å². The van der Waals surface area contributed by atoms with Crippen LogP contribution < -0.4 is 9.62 Å². The average Bonchev–Trinajstić information content (AvgIpc) is 3.05. The van der Waals surface area contributed by atoms with Crippen LogP contribution in [0, 0.1) is 23.0 Å². The van der Waals surface area contributed by atoms with Crippen molar-refractivity contribution in [3.8, 4) is 0 Å². The molecule has 1 atom stereocenters. The summed E-state index contributed by atoms with van der Waals surface area (Å²) in [5.74, 6) is -0.860. The summed E-state index contributed by atoms with van der Waals surface area (Å²) >= 11 is 0. The van der Waals surface area contributed by atoms with Crippen LogP contribution in [0.25, 0.3) is 0 Å². The average molecular weight is 643 g/mol. The molecule has 11 heteroatoms. The van der Waals surface area contributed by atoms with Gasteiger partial charge in [-0.25, -0.2) is 8.42 Å². The Morgan fingerprint density at radius 3 is 2.09 bits per heavy atom. The van der Waals surface area contributed by atoms with E-state index >= 15 is 0 Å². The second kappa shape index (κ2) is 15.3. The van der Waals surface area contributed by atoms with Crippen molar-refractivity contribution < 1.29 is 22.9 Å². The molecule has 0 saturated heterocycles. The van der Waals surface area contributed by atoms with Crippen molar-refractivity contribution in [2.45, 2.75) is 44.7 Å². The fourth-order valence-corrected chi connectivity index (χ4v) is 6.30. The van der Waals surface area contributed by atoms with Gasteiger partial charge < -0.3 is 10.2 Å². The van der Waals surface area contributed by atoms with E-state index in [0.29, 0.717) is 6.54 Å². The molecule has 0 saturated carbocycles. The highest BCUT2D eigenvalue weighted by molar-refractivity contribution is 7.92. The third kappa shape index (κ3) is 8.79. The van der Waals surface area contributed by atoms with Gasteiger partial charge in [0.2, 0.25) is 11.8 Å². The number of carbonyl (C=O) groups excluding carboxylic acids is 2. The lowest BCUT2D eigenvalue weighted by Crippen LogP contribution is -2.53. The van der Waals surface area contributed by atoms with E-state index in [1.54, 1.807) is 18.2 Å². The fourth-order valence-electron chi connectivity index (χ4n) is 4.88. The topological polar surface area (TPSA) is 130 Å². The summed E-state index contributed by atoms with van der Waals surface area (Å²) in [6, 6.07) is 28.5. The summed E-state index contributed by atoms with van der Waals surface area (Å²) < 4.78 is 29.0. The van der Waals surface area contributed by atoms with E-state index in [2.05, 4.69) is 5.32 Å². The van der Waals surface area contributed by atoms with Crippen LogP contribution in [-0.4, -0.2) is 49.2 Å². The number of benzene rings is 4. The highest BCUT2D eigenvalue weighted by atomic mass is 32.2. The van der Waals surface area contributed by atoms with Crippen LogP contribution in [0.15, 0.2) is 114 Å². The molecule has 0 aliphatic heterocycles. The molecule has 0 aromatic heterocycles. The molecule has 0 unspecified atom stereocenters. The van der Waals surface area contributed by atoms with Gasteiger partial charge in [-0.05, 0) is 42.2 Å². The second-order valence-electron chi connectivity index (χ2n) is 11.5. The first-order chi connectivity index (χ1) is 22.0. The molecule has 10 nitrogen and oxygen atoms in total. The molecule has 0 heterocycles. The first-order valence-corrected chi connectivity index (χ1v) is 16.4. The van der Waals surface area contributed by atoms with Crippen molar-refractivity contribution in [1.29, 1.82) is 0 Å². The van der Waals surface area contributed by atoms with E-state index < -0.39 is 33.4 Å². The summed E-state index contributed by atoms with van der Waals surface area (Å²) in [6.07, 6.45) is 0.185. The molecule has 4 rings (SSSR count). The van der Waals surface area contributed by atoms with Crippen molar-refractivity contribution in [1.82, 2.24) is 10.2 Å². The fraction of sp³-hybridized carbons (Fsp3) is 0.257. The molecule has 2 amide bonds. The Kier molecular flexibility index (Phi) is 11.3. The van der Waals surface area contributed by atoms with Gasteiger partial charge in [0.25, 0.3) is 15.7 Å². The van der Waals surface area contributed by atoms with Crippen molar-refractivity contribution in [2.24, 2.45) is 5.92 Å². The van der Waals surface area contributed by atoms with E-state index in [4.69, 9.17) is 0 Å². The maximum absolute atomic E-state index is 14.5. The summed E-state index contributed by atoms with van der Waals surface area (Å²) in [7, 11) is -4.37. The lowest BCUT2D eigenvalue weighted by atomic mass is 10.0. The minimum atomic E-state index is -4.37.